The van der Waals surface area contributed by atoms with Gasteiger partial charge in [0, 0.05) is 24.8 Å². The lowest BCUT2D eigenvalue weighted by molar-refractivity contribution is 0.0636. The minimum Gasteiger partial charge on any atom is -0.494 e. The largest absolute Gasteiger partial charge is 0.494 e. The molecule has 0 bridgehead atoms. The van der Waals surface area contributed by atoms with Gasteiger partial charge in [0.05, 0.1) is 46.2 Å². The summed E-state index contributed by atoms with van der Waals surface area (Å²) in [5.74, 6) is 0.798. The second-order valence-corrected chi connectivity index (χ2v) is 13.7. The Bertz CT molecular complexity index is 1570. The summed E-state index contributed by atoms with van der Waals surface area (Å²) in [5, 5.41) is 8.16. The van der Waals surface area contributed by atoms with Gasteiger partial charge in [-0.3, -0.25) is 5.32 Å². The third kappa shape index (κ3) is 8.32. The average molecular weight is 634 g/mol. The van der Waals surface area contributed by atoms with Gasteiger partial charge in [0.2, 0.25) is 5.95 Å². The maximum atomic E-state index is 13.2. The molecule has 3 rings (SSSR count). The highest BCUT2D eigenvalue weighted by molar-refractivity contribution is 7.92. The highest BCUT2D eigenvalue weighted by Crippen LogP contribution is 2.37. The van der Waals surface area contributed by atoms with Crippen LogP contribution >= 0.6 is 11.6 Å². The highest BCUT2D eigenvalue weighted by Gasteiger charge is 2.25. The topological polar surface area (TPSA) is 161 Å². The minimum absolute atomic E-state index is 0.00265. The SMILES string of the molecule is CCN(CC)c1cc(OC)c(Nc2ncc(Cl)c(Nc3cc(NC(=O)OC(C)(C)C)ccc3S(=O)(=O)C(C)C)n2)cc1N. The lowest BCUT2D eigenvalue weighted by Gasteiger charge is -2.24. The van der Waals surface area contributed by atoms with Crippen molar-refractivity contribution < 1.29 is 22.7 Å². The average Bonchev–Trinajstić information content (AvgIpc) is 2.91. The summed E-state index contributed by atoms with van der Waals surface area (Å²) in [6.07, 6.45) is 0.684. The Kier molecular flexibility index (Phi) is 10.6. The predicted molar refractivity (Wildman–Crippen MR) is 173 cm³/mol. The van der Waals surface area contributed by atoms with Crippen molar-refractivity contribution in [1.29, 1.82) is 0 Å². The zero-order valence-corrected chi connectivity index (χ0v) is 27.3. The zero-order chi connectivity index (χ0) is 32.1. The van der Waals surface area contributed by atoms with Crippen LogP contribution in [0.5, 0.6) is 5.75 Å². The number of anilines is 7. The zero-order valence-electron chi connectivity index (χ0n) is 25.7. The Labute approximate surface area is 258 Å². The second-order valence-electron chi connectivity index (χ2n) is 10.9. The first-order valence-electron chi connectivity index (χ1n) is 13.8. The molecule has 0 fully saturated rings. The third-order valence-electron chi connectivity index (χ3n) is 6.25. The number of nitrogens with two attached hydrogens (primary N) is 1. The van der Waals surface area contributed by atoms with E-state index in [-0.39, 0.29) is 27.4 Å². The van der Waals surface area contributed by atoms with E-state index in [1.807, 2.05) is 19.9 Å². The molecular weight excluding hydrogens is 594 g/mol. The molecule has 3 aromatic rings. The molecule has 0 unspecified atom stereocenters. The number of hydrogen-bond acceptors (Lipinski definition) is 11. The number of benzene rings is 2. The molecule has 1 amide bonds. The molecule has 12 nitrogen and oxygen atoms in total. The molecule has 14 heteroatoms. The van der Waals surface area contributed by atoms with Gasteiger partial charge in [0.15, 0.2) is 15.7 Å². The summed E-state index contributed by atoms with van der Waals surface area (Å²) in [6.45, 7) is 14.0. The van der Waals surface area contributed by atoms with Crippen molar-refractivity contribution in [2.24, 2.45) is 0 Å². The maximum Gasteiger partial charge on any atom is 0.412 e. The van der Waals surface area contributed by atoms with Crippen molar-refractivity contribution in [1.82, 2.24) is 9.97 Å². The smallest absolute Gasteiger partial charge is 0.412 e. The van der Waals surface area contributed by atoms with Crippen molar-refractivity contribution >= 4 is 67.7 Å². The van der Waals surface area contributed by atoms with Gasteiger partial charge in [-0.25, -0.2) is 18.2 Å². The fraction of sp³-hybridized carbons (Fsp3) is 0.414. The molecular formula is C29H40ClN7O5S. The molecule has 0 spiro atoms. The van der Waals surface area contributed by atoms with Gasteiger partial charge in [-0.2, -0.15) is 4.98 Å². The first kappa shape index (κ1) is 33.5. The van der Waals surface area contributed by atoms with Crippen LogP contribution in [0.1, 0.15) is 48.5 Å². The van der Waals surface area contributed by atoms with Crippen LogP contribution in [-0.4, -0.2) is 55.5 Å². The van der Waals surface area contributed by atoms with Crippen LogP contribution in [0.25, 0.3) is 0 Å². The van der Waals surface area contributed by atoms with Gasteiger partial charge >= 0.3 is 6.09 Å². The lowest BCUT2D eigenvalue weighted by Crippen LogP contribution is -2.27. The van der Waals surface area contributed by atoms with Crippen LogP contribution in [0.2, 0.25) is 5.02 Å². The number of carbonyl (C=O) groups is 1. The van der Waals surface area contributed by atoms with E-state index in [1.54, 1.807) is 47.8 Å². The van der Waals surface area contributed by atoms with Gasteiger partial charge in [0.25, 0.3) is 0 Å². The molecule has 1 heterocycles. The number of halogens is 1. The van der Waals surface area contributed by atoms with E-state index in [1.165, 1.54) is 24.4 Å². The number of hydrogen-bond donors (Lipinski definition) is 4. The van der Waals surface area contributed by atoms with Gasteiger partial charge in [-0.05, 0) is 72.7 Å². The van der Waals surface area contributed by atoms with Crippen LogP contribution in [0.4, 0.5) is 45.0 Å². The molecule has 0 atom stereocenters. The summed E-state index contributed by atoms with van der Waals surface area (Å²) >= 11 is 6.44. The van der Waals surface area contributed by atoms with Crippen molar-refractivity contribution in [2.45, 2.75) is 64.2 Å². The fourth-order valence-corrected chi connectivity index (χ4v) is 5.40. The Hall–Kier alpha value is -3.97. The number of amides is 1. The predicted octanol–water partition coefficient (Wildman–Crippen LogP) is 6.58. The van der Waals surface area contributed by atoms with Crippen molar-refractivity contribution in [2.75, 3.05) is 46.8 Å². The molecule has 0 saturated heterocycles. The Balaban J connectivity index is 2.01. The summed E-state index contributed by atoms with van der Waals surface area (Å²) < 4.78 is 37.4. The molecule has 2 aromatic carbocycles. The Morgan fingerprint density at radius 3 is 2.35 bits per heavy atom. The van der Waals surface area contributed by atoms with E-state index in [0.29, 0.717) is 22.8 Å². The monoisotopic (exact) mass is 633 g/mol. The minimum atomic E-state index is -3.75. The second kappa shape index (κ2) is 13.6. The van der Waals surface area contributed by atoms with E-state index in [4.69, 9.17) is 26.8 Å². The molecule has 0 aliphatic carbocycles. The Morgan fingerprint density at radius 1 is 1.09 bits per heavy atom. The number of sulfone groups is 1. The quantitative estimate of drug-likeness (QED) is 0.169. The first-order chi connectivity index (χ1) is 20.1. The van der Waals surface area contributed by atoms with Crippen LogP contribution in [0.3, 0.4) is 0 Å². The molecule has 0 radical (unpaired) electrons. The summed E-state index contributed by atoms with van der Waals surface area (Å²) in [6, 6.07) is 7.93. The van der Waals surface area contributed by atoms with Crippen molar-refractivity contribution in [3.63, 3.8) is 0 Å². The standard InChI is InChI=1S/C29H40ClN7O5S/c1-9-37(10-2)23-15-24(41-8)21(14-20(23)31)35-27-32-16-19(30)26(36-27)34-22-13-18(33-28(38)42-29(5,6)7)11-12-25(22)43(39,40)17(3)4/h11-17H,9-10,31H2,1-8H3,(H,33,38)(H2,32,34,35,36). The number of ether oxygens (including phenoxy) is 2. The van der Waals surface area contributed by atoms with E-state index in [2.05, 4.69) is 30.8 Å². The number of rotatable bonds is 11. The first-order valence-corrected chi connectivity index (χ1v) is 15.7. The van der Waals surface area contributed by atoms with Crippen LogP contribution in [-0.2, 0) is 14.6 Å². The van der Waals surface area contributed by atoms with Crippen LogP contribution < -0.4 is 31.3 Å². The summed E-state index contributed by atoms with van der Waals surface area (Å²) in [5.41, 5.74) is 8.00. The van der Waals surface area contributed by atoms with Crippen molar-refractivity contribution in [3.05, 3.63) is 41.6 Å². The van der Waals surface area contributed by atoms with Gasteiger partial charge in [-0.1, -0.05) is 11.6 Å². The van der Waals surface area contributed by atoms with E-state index < -0.39 is 26.8 Å². The summed E-state index contributed by atoms with van der Waals surface area (Å²) in [4.78, 5) is 23.3. The Morgan fingerprint density at radius 2 is 1.77 bits per heavy atom. The third-order valence-corrected chi connectivity index (χ3v) is 8.74. The molecule has 1 aromatic heterocycles. The highest BCUT2D eigenvalue weighted by atomic mass is 35.5. The number of nitrogen functional groups attached to an aromatic ring is 1. The molecule has 234 valence electrons. The molecule has 5 N–H and O–H groups in total. The fourth-order valence-electron chi connectivity index (χ4n) is 4.08. The van der Waals surface area contributed by atoms with Crippen LogP contribution in [0, 0.1) is 0 Å². The molecule has 0 aliphatic heterocycles. The van der Waals surface area contributed by atoms with Gasteiger partial charge in [-0.15, -0.1) is 0 Å². The molecule has 0 aliphatic rings. The summed E-state index contributed by atoms with van der Waals surface area (Å²) in [7, 11) is -2.20. The number of nitrogens with zero attached hydrogens (tertiary/aromatic N) is 3. The van der Waals surface area contributed by atoms with Crippen LogP contribution in [0.15, 0.2) is 41.4 Å². The van der Waals surface area contributed by atoms with Gasteiger partial charge in [0.1, 0.15) is 16.4 Å². The molecule has 43 heavy (non-hydrogen) atoms. The number of aromatic nitrogens is 2. The van der Waals surface area contributed by atoms with E-state index in [0.717, 1.165) is 18.8 Å². The number of carbonyl (C=O) groups excluding carboxylic acids is 1. The maximum absolute atomic E-state index is 13.2. The van der Waals surface area contributed by atoms with Crippen molar-refractivity contribution in [3.8, 4) is 5.75 Å². The normalized spacial score (nSPS) is 11.7. The molecule has 0 saturated carbocycles. The number of methoxy groups -OCH3 is 1. The lowest BCUT2D eigenvalue weighted by atomic mass is 10.2. The van der Waals surface area contributed by atoms with E-state index in [9.17, 15) is 13.2 Å². The van der Waals surface area contributed by atoms with Gasteiger partial charge < -0.3 is 30.7 Å². The van der Waals surface area contributed by atoms with E-state index >= 15 is 0 Å². The number of nitrogens with one attached hydrogen (secondary N) is 3.